The lowest BCUT2D eigenvalue weighted by Crippen LogP contribution is -2.40. The van der Waals surface area contributed by atoms with Gasteiger partial charge in [-0.1, -0.05) is 0 Å². The van der Waals surface area contributed by atoms with Crippen LogP contribution in [-0.2, 0) is 6.54 Å². The van der Waals surface area contributed by atoms with E-state index in [1.165, 1.54) is 0 Å². The van der Waals surface area contributed by atoms with Crippen LogP contribution < -0.4 is 11.1 Å². The lowest BCUT2D eigenvalue weighted by molar-refractivity contribution is 0.545. The van der Waals surface area contributed by atoms with Crippen molar-refractivity contribution in [3.05, 3.63) is 12.4 Å². The molecule has 4 nitrogen and oxygen atoms in total. The number of aromatic nitrogens is 2. The van der Waals surface area contributed by atoms with Crippen molar-refractivity contribution in [2.24, 2.45) is 5.73 Å². The monoisotopic (exact) mass is 182 g/mol. The van der Waals surface area contributed by atoms with Gasteiger partial charge in [-0.2, -0.15) is 0 Å². The van der Waals surface area contributed by atoms with Crippen molar-refractivity contribution in [1.29, 1.82) is 0 Å². The Morgan fingerprint density at radius 2 is 2.31 bits per heavy atom. The molecule has 1 rings (SSSR count). The molecular weight excluding hydrogens is 164 g/mol. The number of aryl methyl sites for hydroxylation is 1. The maximum absolute atomic E-state index is 5.84. The van der Waals surface area contributed by atoms with E-state index in [4.69, 9.17) is 5.73 Å². The number of hydrogen-bond donors (Lipinski definition) is 2. The summed E-state index contributed by atoms with van der Waals surface area (Å²) in [4.78, 5) is 4.19. The van der Waals surface area contributed by atoms with E-state index in [-0.39, 0.29) is 5.54 Å². The third-order valence-corrected chi connectivity index (χ3v) is 1.76. The van der Waals surface area contributed by atoms with Gasteiger partial charge < -0.3 is 15.6 Å². The van der Waals surface area contributed by atoms with Crippen LogP contribution in [0.15, 0.2) is 12.4 Å². The van der Waals surface area contributed by atoms with E-state index in [1.807, 2.05) is 24.6 Å². The predicted octanol–water partition coefficient (Wildman–Crippen LogP) is 1.05. The van der Waals surface area contributed by atoms with Gasteiger partial charge in [-0.15, -0.1) is 0 Å². The van der Waals surface area contributed by atoms with E-state index in [0.29, 0.717) is 0 Å². The van der Waals surface area contributed by atoms with E-state index >= 15 is 0 Å². The zero-order chi connectivity index (χ0) is 9.90. The Labute approximate surface area is 79.1 Å². The van der Waals surface area contributed by atoms with Crippen molar-refractivity contribution in [3.8, 4) is 0 Å². The number of imidazole rings is 1. The van der Waals surface area contributed by atoms with Crippen LogP contribution in [-0.4, -0.2) is 21.6 Å². The largest absolute Gasteiger partial charge is 0.354 e. The van der Waals surface area contributed by atoms with Gasteiger partial charge in [-0.05, 0) is 20.8 Å². The highest BCUT2D eigenvalue weighted by Gasteiger charge is 2.11. The zero-order valence-corrected chi connectivity index (χ0v) is 8.54. The van der Waals surface area contributed by atoms with Crippen LogP contribution in [0.3, 0.4) is 0 Å². The Kier molecular flexibility index (Phi) is 2.93. The predicted molar refractivity (Wildman–Crippen MR) is 54.7 cm³/mol. The summed E-state index contributed by atoms with van der Waals surface area (Å²) in [5.41, 5.74) is 5.64. The minimum Gasteiger partial charge on any atom is -0.354 e. The highest BCUT2D eigenvalue weighted by molar-refractivity contribution is 5.26. The van der Waals surface area contributed by atoms with Crippen LogP contribution in [0.25, 0.3) is 0 Å². The Balaban J connectivity index is 2.54. The van der Waals surface area contributed by atoms with Crippen molar-refractivity contribution in [2.75, 3.05) is 11.9 Å². The van der Waals surface area contributed by atoms with Crippen molar-refractivity contribution in [2.45, 2.75) is 32.9 Å². The first-order valence-electron chi connectivity index (χ1n) is 4.57. The first-order valence-corrected chi connectivity index (χ1v) is 4.57. The molecule has 0 aliphatic rings. The number of rotatable bonds is 4. The second kappa shape index (κ2) is 3.79. The molecule has 0 aliphatic heterocycles. The summed E-state index contributed by atoms with van der Waals surface area (Å²) in [6.07, 6.45) is 3.74. The first-order chi connectivity index (χ1) is 6.03. The molecule has 0 bridgehead atoms. The van der Waals surface area contributed by atoms with Crippen LogP contribution in [0.5, 0.6) is 0 Å². The van der Waals surface area contributed by atoms with Gasteiger partial charge in [0.1, 0.15) is 0 Å². The van der Waals surface area contributed by atoms with Gasteiger partial charge in [0, 0.05) is 31.0 Å². The maximum Gasteiger partial charge on any atom is 0.202 e. The summed E-state index contributed by atoms with van der Waals surface area (Å²) in [5, 5.41) is 3.21. The lowest BCUT2D eigenvalue weighted by atomic mass is 10.1. The van der Waals surface area contributed by atoms with Gasteiger partial charge in [0.15, 0.2) is 0 Å². The number of anilines is 1. The van der Waals surface area contributed by atoms with Gasteiger partial charge in [0.05, 0.1) is 0 Å². The summed E-state index contributed by atoms with van der Waals surface area (Å²) in [5.74, 6) is 0.890. The number of nitrogens with one attached hydrogen (secondary N) is 1. The van der Waals surface area contributed by atoms with E-state index in [1.54, 1.807) is 6.20 Å². The van der Waals surface area contributed by atoms with Gasteiger partial charge >= 0.3 is 0 Å². The fraction of sp³-hybridized carbons (Fsp3) is 0.667. The van der Waals surface area contributed by atoms with E-state index < -0.39 is 0 Å². The quantitative estimate of drug-likeness (QED) is 0.732. The molecule has 0 saturated heterocycles. The van der Waals surface area contributed by atoms with E-state index in [9.17, 15) is 0 Å². The van der Waals surface area contributed by atoms with Gasteiger partial charge in [-0.3, -0.25) is 0 Å². The molecular formula is C9H18N4. The van der Waals surface area contributed by atoms with Crippen LogP contribution in [0.4, 0.5) is 5.95 Å². The third kappa shape index (κ3) is 3.06. The molecule has 74 valence electrons. The first kappa shape index (κ1) is 10.1. The van der Waals surface area contributed by atoms with Crippen molar-refractivity contribution in [3.63, 3.8) is 0 Å². The average molecular weight is 182 g/mol. The number of nitrogens with zero attached hydrogens (tertiary/aromatic N) is 2. The number of nitrogens with two attached hydrogens (primary N) is 1. The molecule has 0 fully saturated rings. The van der Waals surface area contributed by atoms with E-state index in [2.05, 4.69) is 17.2 Å². The van der Waals surface area contributed by atoms with Crippen LogP contribution in [0.2, 0.25) is 0 Å². The molecule has 0 aromatic carbocycles. The molecule has 13 heavy (non-hydrogen) atoms. The molecule has 0 unspecified atom stereocenters. The third-order valence-electron chi connectivity index (χ3n) is 1.76. The molecule has 0 saturated carbocycles. The molecule has 0 atom stereocenters. The Bertz CT molecular complexity index is 259. The normalized spacial score (nSPS) is 11.7. The average Bonchev–Trinajstić information content (AvgIpc) is 2.46. The molecule has 0 aliphatic carbocycles. The Morgan fingerprint density at radius 3 is 2.85 bits per heavy atom. The second-order valence-electron chi connectivity index (χ2n) is 3.88. The summed E-state index contributed by atoms with van der Waals surface area (Å²) >= 11 is 0. The minimum atomic E-state index is -0.204. The van der Waals surface area contributed by atoms with E-state index in [0.717, 1.165) is 19.0 Å². The van der Waals surface area contributed by atoms with Crippen molar-refractivity contribution < 1.29 is 0 Å². The van der Waals surface area contributed by atoms with Crippen LogP contribution in [0.1, 0.15) is 20.8 Å². The fourth-order valence-electron chi connectivity index (χ4n) is 1.04. The standard InChI is InChI=1S/C9H18N4/c1-4-13-6-5-11-8(13)12-7-9(2,3)10/h5-6H,4,7,10H2,1-3H3,(H,11,12). The zero-order valence-electron chi connectivity index (χ0n) is 8.54. The van der Waals surface area contributed by atoms with Gasteiger partial charge in [0.25, 0.3) is 0 Å². The molecule has 0 spiro atoms. The summed E-state index contributed by atoms with van der Waals surface area (Å²) in [6, 6.07) is 0. The van der Waals surface area contributed by atoms with Crippen molar-refractivity contribution in [1.82, 2.24) is 9.55 Å². The molecule has 3 N–H and O–H groups in total. The smallest absolute Gasteiger partial charge is 0.202 e. The van der Waals surface area contributed by atoms with Crippen LogP contribution >= 0.6 is 0 Å². The molecule has 0 amide bonds. The summed E-state index contributed by atoms with van der Waals surface area (Å²) in [6.45, 7) is 7.70. The lowest BCUT2D eigenvalue weighted by Gasteiger charge is -2.19. The fourth-order valence-corrected chi connectivity index (χ4v) is 1.04. The molecule has 1 aromatic heterocycles. The topological polar surface area (TPSA) is 55.9 Å². The van der Waals surface area contributed by atoms with Crippen LogP contribution in [0, 0.1) is 0 Å². The van der Waals surface area contributed by atoms with Crippen molar-refractivity contribution >= 4 is 5.95 Å². The Morgan fingerprint density at radius 1 is 1.62 bits per heavy atom. The second-order valence-corrected chi connectivity index (χ2v) is 3.88. The SMILES string of the molecule is CCn1ccnc1NCC(C)(C)N. The minimum absolute atomic E-state index is 0.204. The number of hydrogen-bond acceptors (Lipinski definition) is 3. The highest BCUT2D eigenvalue weighted by Crippen LogP contribution is 2.05. The molecule has 0 radical (unpaired) electrons. The van der Waals surface area contributed by atoms with Gasteiger partial charge in [-0.25, -0.2) is 4.98 Å². The summed E-state index contributed by atoms with van der Waals surface area (Å²) in [7, 11) is 0. The molecule has 4 heteroatoms. The highest BCUT2D eigenvalue weighted by atomic mass is 15.2. The van der Waals surface area contributed by atoms with Gasteiger partial charge in [0.2, 0.25) is 5.95 Å². The molecule has 1 aromatic rings. The maximum atomic E-state index is 5.84. The summed E-state index contributed by atoms with van der Waals surface area (Å²) < 4.78 is 2.05. The molecule has 1 heterocycles. The Hall–Kier alpha value is -1.03.